The zero-order valence-corrected chi connectivity index (χ0v) is 20.9. The van der Waals surface area contributed by atoms with Gasteiger partial charge in [-0.1, -0.05) is 31.2 Å². The van der Waals surface area contributed by atoms with Crippen molar-refractivity contribution in [1.82, 2.24) is 15.2 Å². The second-order valence-electron chi connectivity index (χ2n) is 8.59. The first kappa shape index (κ1) is 27.5. The van der Waals surface area contributed by atoms with Crippen molar-refractivity contribution in [3.05, 3.63) is 88.6 Å². The van der Waals surface area contributed by atoms with E-state index in [1.807, 2.05) is 24.3 Å². The van der Waals surface area contributed by atoms with Crippen molar-refractivity contribution in [3.8, 4) is 0 Å². The molecule has 0 saturated carbocycles. The Bertz CT molecular complexity index is 1310. The Kier molecular flexibility index (Phi) is 8.96. The van der Waals surface area contributed by atoms with Crippen LogP contribution in [0.4, 0.5) is 8.78 Å². The molecule has 3 aromatic rings. The summed E-state index contributed by atoms with van der Waals surface area (Å²) in [5, 5.41) is 21.6. The quantitative estimate of drug-likeness (QED) is 0.308. The second-order valence-corrected chi connectivity index (χ2v) is 10.1. The molecule has 0 aliphatic heterocycles. The summed E-state index contributed by atoms with van der Waals surface area (Å²) in [5.41, 5.74) is 2.43. The Morgan fingerprint density at radius 3 is 2.33 bits per heavy atom. The molecule has 0 spiro atoms. The van der Waals surface area contributed by atoms with Crippen LogP contribution >= 0.6 is 0 Å². The first-order chi connectivity index (χ1) is 17.0. The topological polar surface area (TPSA) is 126 Å². The molecule has 0 radical (unpaired) electrons. The fourth-order valence-corrected chi connectivity index (χ4v) is 4.72. The number of halogens is 2. The number of aromatic nitrogens is 1. The highest BCUT2D eigenvalue weighted by Crippen LogP contribution is 2.15. The van der Waals surface area contributed by atoms with Crippen LogP contribution in [0.1, 0.15) is 34.1 Å². The molecule has 3 rings (SSSR count). The van der Waals surface area contributed by atoms with Crippen LogP contribution in [0, 0.1) is 11.6 Å². The van der Waals surface area contributed by atoms with Gasteiger partial charge in [0.05, 0.1) is 12.1 Å². The molecule has 1 heterocycles. The number of hydrogen-bond donors (Lipinski definition) is 4. The average molecular weight is 521 g/mol. The van der Waals surface area contributed by atoms with Crippen molar-refractivity contribution < 1.29 is 27.1 Å². The summed E-state index contributed by atoms with van der Waals surface area (Å²) in [7, 11) is -2.68. The first-order valence-electron chi connectivity index (χ1n) is 11.4. The van der Waals surface area contributed by atoms with Gasteiger partial charge in [0.25, 0.3) is 15.9 Å². The van der Waals surface area contributed by atoms with Crippen molar-refractivity contribution in [2.75, 3.05) is 6.54 Å². The number of aryl methyl sites for hydroxylation is 1. The number of amides is 1. The number of nitrogens with two attached hydrogens (primary N) is 1. The third-order valence-electron chi connectivity index (χ3n) is 5.84. The van der Waals surface area contributed by atoms with E-state index in [1.165, 1.54) is 24.7 Å². The molecule has 36 heavy (non-hydrogen) atoms. The van der Waals surface area contributed by atoms with Crippen molar-refractivity contribution in [1.29, 1.82) is 0 Å². The molecule has 0 saturated heterocycles. The maximum absolute atomic E-state index is 13.8. The lowest BCUT2D eigenvalue weighted by atomic mass is 10.00. The van der Waals surface area contributed by atoms with E-state index in [2.05, 4.69) is 17.6 Å². The number of carbonyl (C=O) groups is 1. The van der Waals surface area contributed by atoms with E-state index >= 15 is 0 Å². The molecule has 1 aromatic heterocycles. The van der Waals surface area contributed by atoms with E-state index in [9.17, 15) is 27.1 Å². The summed E-state index contributed by atoms with van der Waals surface area (Å²) >= 11 is 0. The van der Waals surface area contributed by atoms with Crippen LogP contribution in [0.2, 0.25) is 0 Å². The summed E-state index contributed by atoms with van der Waals surface area (Å²) in [6.07, 6.45) is -0.310. The predicted molar refractivity (Wildman–Crippen MR) is 132 cm³/mol. The van der Waals surface area contributed by atoms with Crippen LogP contribution < -0.4 is 15.8 Å². The van der Waals surface area contributed by atoms with Crippen LogP contribution in [-0.4, -0.2) is 42.7 Å². The third-order valence-corrected chi connectivity index (χ3v) is 6.83. The lowest BCUT2D eigenvalue weighted by molar-refractivity contribution is 0.0821. The molecule has 1 amide bonds. The van der Waals surface area contributed by atoms with E-state index in [1.54, 1.807) is 0 Å². The molecule has 5 N–H and O–H groups in total. The minimum Gasteiger partial charge on any atom is -0.390 e. The fourth-order valence-electron chi connectivity index (χ4n) is 3.98. The smallest absolute Gasteiger partial charge is 0.268 e. The number of aliphatic hydroxyl groups is 1. The zero-order valence-electron chi connectivity index (χ0n) is 20.0. The molecule has 0 fully saturated rings. The van der Waals surface area contributed by atoms with E-state index in [0.29, 0.717) is 6.54 Å². The van der Waals surface area contributed by atoms with Gasteiger partial charge in [-0.25, -0.2) is 22.3 Å². The Labute approximate surface area is 209 Å². The highest BCUT2D eigenvalue weighted by atomic mass is 32.2. The van der Waals surface area contributed by atoms with Gasteiger partial charge in [-0.3, -0.25) is 4.79 Å². The van der Waals surface area contributed by atoms with Gasteiger partial charge in [-0.2, -0.15) is 0 Å². The normalized spacial score (nSPS) is 13.4. The van der Waals surface area contributed by atoms with Gasteiger partial charge in [0, 0.05) is 26.2 Å². The van der Waals surface area contributed by atoms with Gasteiger partial charge in [0.2, 0.25) is 0 Å². The number of aliphatic hydroxyl groups excluding tert-OH is 1. The molecule has 0 bridgehead atoms. The van der Waals surface area contributed by atoms with Crippen molar-refractivity contribution in [2.24, 2.45) is 12.2 Å². The zero-order chi connectivity index (χ0) is 26.5. The predicted octanol–water partition coefficient (Wildman–Crippen LogP) is 2.00. The van der Waals surface area contributed by atoms with Gasteiger partial charge < -0.3 is 20.3 Å². The highest BCUT2D eigenvalue weighted by Gasteiger charge is 2.25. The monoisotopic (exact) mass is 520 g/mol. The molecule has 0 aliphatic rings. The van der Waals surface area contributed by atoms with Gasteiger partial charge in [0.1, 0.15) is 17.3 Å². The number of rotatable bonds is 11. The number of primary sulfonamides is 1. The number of nitrogens with zero attached hydrogens (tertiary/aromatic N) is 1. The SMILES string of the molecule is CCc1cccc(CNC[C@H](O)[C@H](Cc2cc(F)cc(F)c2)NC(=O)c2ccc(S(N)(=O)=O)n2C)c1. The maximum Gasteiger partial charge on any atom is 0.268 e. The minimum absolute atomic E-state index is 0.00834. The lowest BCUT2D eigenvalue weighted by Gasteiger charge is -2.25. The first-order valence-corrected chi connectivity index (χ1v) is 12.9. The highest BCUT2D eigenvalue weighted by molar-refractivity contribution is 7.89. The summed E-state index contributed by atoms with van der Waals surface area (Å²) in [6, 6.07) is 12.5. The Hall–Kier alpha value is -3.12. The largest absolute Gasteiger partial charge is 0.390 e. The molecule has 2 atom stereocenters. The number of sulfonamides is 1. The van der Waals surface area contributed by atoms with Crippen molar-refractivity contribution >= 4 is 15.9 Å². The van der Waals surface area contributed by atoms with Crippen LogP contribution in [0.25, 0.3) is 0 Å². The third kappa shape index (κ3) is 7.20. The summed E-state index contributed by atoms with van der Waals surface area (Å²) in [6.45, 7) is 2.60. The molecular weight excluding hydrogens is 490 g/mol. The molecule has 194 valence electrons. The van der Waals surface area contributed by atoms with Crippen molar-refractivity contribution in [2.45, 2.75) is 43.5 Å². The summed E-state index contributed by atoms with van der Waals surface area (Å²) in [4.78, 5) is 13.0. The number of benzene rings is 2. The van der Waals surface area contributed by atoms with Gasteiger partial charge in [0.15, 0.2) is 5.03 Å². The number of carbonyl (C=O) groups excluding carboxylic acids is 1. The van der Waals surface area contributed by atoms with E-state index < -0.39 is 39.7 Å². The fraction of sp³-hybridized carbons (Fsp3) is 0.320. The Morgan fingerprint density at radius 2 is 1.72 bits per heavy atom. The van der Waals surface area contributed by atoms with Crippen LogP contribution in [-0.2, 0) is 36.5 Å². The van der Waals surface area contributed by atoms with Gasteiger partial charge in [-0.05, 0) is 53.8 Å². The lowest BCUT2D eigenvalue weighted by Crippen LogP contribution is -2.49. The summed E-state index contributed by atoms with van der Waals surface area (Å²) in [5.74, 6) is -2.23. The molecule has 0 aliphatic carbocycles. The van der Waals surface area contributed by atoms with Crippen LogP contribution in [0.3, 0.4) is 0 Å². The molecule has 11 heteroatoms. The van der Waals surface area contributed by atoms with E-state index in [0.717, 1.165) is 34.8 Å². The second kappa shape index (κ2) is 11.7. The molecule has 2 aromatic carbocycles. The van der Waals surface area contributed by atoms with Gasteiger partial charge in [-0.15, -0.1) is 0 Å². The molecular formula is C25H30F2N4O4S. The Balaban J connectivity index is 1.77. The Morgan fingerprint density at radius 1 is 1.06 bits per heavy atom. The standard InChI is InChI=1S/C25H30F2N4O4S/c1-3-16-5-4-6-17(9-16)14-29-15-23(32)21(12-18-10-19(26)13-20(27)11-18)30-25(33)22-7-8-24(31(22)2)36(28,34)35/h4-11,13,21,23,29,32H,3,12,14-15H2,1-2H3,(H,30,33)(H2,28,34,35)/t21-,23-/m0/s1. The van der Waals surface area contributed by atoms with E-state index in [4.69, 9.17) is 5.14 Å². The van der Waals surface area contributed by atoms with Crippen molar-refractivity contribution in [3.63, 3.8) is 0 Å². The summed E-state index contributed by atoms with van der Waals surface area (Å²) < 4.78 is 52.0. The number of hydrogen-bond acceptors (Lipinski definition) is 5. The minimum atomic E-state index is -4.05. The number of nitrogens with one attached hydrogen (secondary N) is 2. The average Bonchev–Trinajstić information content (AvgIpc) is 3.20. The molecule has 0 unspecified atom stereocenters. The maximum atomic E-state index is 13.8. The van der Waals surface area contributed by atoms with Crippen LogP contribution in [0.5, 0.6) is 0 Å². The van der Waals surface area contributed by atoms with E-state index in [-0.39, 0.29) is 29.2 Å². The van der Waals surface area contributed by atoms with Crippen LogP contribution in [0.15, 0.2) is 59.6 Å². The van der Waals surface area contributed by atoms with Gasteiger partial charge >= 0.3 is 0 Å². The molecule has 8 nitrogen and oxygen atoms in total.